The van der Waals surface area contributed by atoms with Gasteiger partial charge in [-0.25, -0.2) is 0 Å². The van der Waals surface area contributed by atoms with Crippen LogP contribution in [0.4, 0.5) is 0 Å². The first-order valence-electron chi connectivity index (χ1n) is 6.86. The predicted molar refractivity (Wildman–Crippen MR) is 69.9 cm³/mol. The van der Waals surface area contributed by atoms with Crippen LogP contribution in [0.25, 0.3) is 0 Å². The Hall–Kier alpha value is -1.26. The fourth-order valence-corrected chi connectivity index (χ4v) is 3.39. The van der Waals surface area contributed by atoms with Crippen molar-refractivity contribution in [3.63, 3.8) is 0 Å². The molecule has 1 aromatic heterocycles. The third-order valence-electron chi connectivity index (χ3n) is 4.40. The van der Waals surface area contributed by atoms with E-state index in [0.717, 1.165) is 37.8 Å². The number of hydrogen-bond acceptors (Lipinski definition) is 4. The smallest absolute Gasteiger partial charge is 0.120 e. The van der Waals surface area contributed by atoms with E-state index < -0.39 is 0 Å². The van der Waals surface area contributed by atoms with Crippen LogP contribution in [0.3, 0.4) is 0 Å². The van der Waals surface area contributed by atoms with Crippen molar-refractivity contribution in [1.29, 1.82) is 0 Å². The molecular weight excluding hydrogens is 242 g/mol. The van der Waals surface area contributed by atoms with E-state index in [0.29, 0.717) is 19.6 Å². The minimum Gasteiger partial charge on any atom is -0.378 e. The van der Waals surface area contributed by atoms with Crippen LogP contribution >= 0.6 is 0 Å². The van der Waals surface area contributed by atoms with Gasteiger partial charge in [-0.3, -0.25) is 4.98 Å². The number of hydrogen-bond donors (Lipinski definition) is 0. The van der Waals surface area contributed by atoms with Gasteiger partial charge < -0.3 is 14.3 Å². The van der Waals surface area contributed by atoms with Gasteiger partial charge in [0.2, 0.25) is 0 Å². The summed E-state index contributed by atoms with van der Waals surface area (Å²) in [6.07, 6.45) is 5.93. The van der Waals surface area contributed by atoms with Crippen molar-refractivity contribution in [2.45, 2.75) is 36.7 Å². The molecule has 2 aliphatic heterocycles. The van der Waals surface area contributed by atoms with Crippen molar-refractivity contribution < 1.29 is 14.3 Å². The number of rotatable bonds is 3. The highest BCUT2D eigenvalue weighted by molar-refractivity contribution is 5.53. The van der Waals surface area contributed by atoms with E-state index >= 15 is 0 Å². The molecule has 19 heavy (non-hydrogen) atoms. The van der Waals surface area contributed by atoms with E-state index in [4.69, 9.17) is 9.47 Å². The van der Waals surface area contributed by atoms with Crippen LogP contribution in [-0.4, -0.2) is 36.7 Å². The summed E-state index contributed by atoms with van der Waals surface area (Å²) in [5, 5.41) is 0. The van der Waals surface area contributed by atoms with E-state index in [2.05, 4.69) is 4.98 Å². The molecule has 3 heterocycles. The molecule has 2 aliphatic rings. The van der Waals surface area contributed by atoms with Crippen molar-refractivity contribution in [2.24, 2.45) is 0 Å². The molecule has 0 radical (unpaired) electrons. The largest absolute Gasteiger partial charge is 0.378 e. The molecule has 2 fully saturated rings. The zero-order valence-corrected chi connectivity index (χ0v) is 11.0. The lowest BCUT2D eigenvalue weighted by Gasteiger charge is -2.44. The number of aromatic nitrogens is 1. The highest BCUT2D eigenvalue weighted by Gasteiger charge is 2.49. The molecular formula is C15H19NO3. The second-order valence-corrected chi connectivity index (χ2v) is 5.63. The standard InChI is InChI=1S/C15H19NO3/c17-8-4-14(13-3-1-2-7-16-13)5-10-19-15(11-14)6-9-18-12-15/h1-3,7-8H,4-6,9-12H2/t14-,15-/m1/s1. The minimum absolute atomic E-state index is 0.186. The summed E-state index contributed by atoms with van der Waals surface area (Å²) in [7, 11) is 0. The molecule has 0 unspecified atom stereocenters. The number of aldehydes is 1. The monoisotopic (exact) mass is 261 g/mol. The predicted octanol–water partition coefficient (Wildman–Crippen LogP) is 1.88. The molecule has 4 heteroatoms. The van der Waals surface area contributed by atoms with E-state index in [1.165, 1.54) is 0 Å². The average Bonchev–Trinajstić information content (AvgIpc) is 2.88. The molecule has 4 nitrogen and oxygen atoms in total. The fraction of sp³-hybridized carbons (Fsp3) is 0.600. The highest BCUT2D eigenvalue weighted by Crippen LogP contribution is 2.45. The van der Waals surface area contributed by atoms with Gasteiger partial charge in [-0.15, -0.1) is 0 Å². The average molecular weight is 261 g/mol. The first kappa shape index (κ1) is 12.8. The first-order valence-corrected chi connectivity index (χ1v) is 6.86. The normalized spacial score (nSPS) is 34.5. The van der Waals surface area contributed by atoms with E-state index in [1.54, 1.807) is 6.20 Å². The van der Waals surface area contributed by atoms with Crippen LogP contribution < -0.4 is 0 Å². The maximum Gasteiger partial charge on any atom is 0.120 e. The Morgan fingerprint density at radius 3 is 2.95 bits per heavy atom. The molecule has 1 spiro atoms. The zero-order chi connectivity index (χ0) is 13.2. The Labute approximate surface area is 113 Å². The molecule has 102 valence electrons. The van der Waals surface area contributed by atoms with Crippen molar-refractivity contribution >= 4 is 6.29 Å². The van der Waals surface area contributed by atoms with Crippen LogP contribution in [0.15, 0.2) is 24.4 Å². The second-order valence-electron chi connectivity index (χ2n) is 5.63. The number of ether oxygens (including phenoxy) is 2. The molecule has 2 atom stereocenters. The zero-order valence-electron chi connectivity index (χ0n) is 11.0. The van der Waals surface area contributed by atoms with Gasteiger partial charge >= 0.3 is 0 Å². The van der Waals surface area contributed by atoms with Crippen LogP contribution in [0.5, 0.6) is 0 Å². The van der Waals surface area contributed by atoms with E-state index in [1.807, 2.05) is 18.2 Å². The quantitative estimate of drug-likeness (QED) is 0.779. The van der Waals surface area contributed by atoms with Crippen molar-refractivity contribution in [3.05, 3.63) is 30.1 Å². The third kappa shape index (κ3) is 2.30. The molecule has 2 saturated heterocycles. The maximum atomic E-state index is 11.2. The van der Waals surface area contributed by atoms with Crippen molar-refractivity contribution in [1.82, 2.24) is 4.98 Å². The van der Waals surface area contributed by atoms with Crippen molar-refractivity contribution in [2.75, 3.05) is 19.8 Å². The summed E-state index contributed by atoms with van der Waals surface area (Å²) in [5.41, 5.74) is 0.616. The topological polar surface area (TPSA) is 48.4 Å². The van der Waals surface area contributed by atoms with Gasteiger partial charge in [0.25, 0.3) is 0 Å². The molecule has 0 aromatic carbocycles. The Balaban J connectivity index is 1.94. The Morgan fingerprint density at radius 1 is 1.32 bits per heavy atom. The fourth-order valence-electron chi connectivity index (χ4n) is 3.39. The summed E-state index contributed by atoms with van der Waals surface area (Å²) in [6, 6.07) is 5.92. The maximum absolute atomic E-state index is 11.2. The highest BCUT2D eigenvalue weighted by atomic mass is 16.6. The molecule has 1 aromatic rings. The molecule has 0 bridgehead atoms. The first-order chi connectivity index (χ1) is 9.29. The summed E-state index contributed by atoms with van der Waals surface area (Å²) in [6.45, 7) is 2.06. The summed E-state index contributed by atoms with van der Waals surface area (Å²) in [4.78, 5) is 15.6. The SMILES string of the molecule is O=CC[C@@]1(c2ccccn2)CCO[C@]2(CCOC2)C1. The molecule has 0 N–H and O–H groups in total. The molecule has 0 amide bonds. The van der Waals surface area contributed by atoms with Crippen LogP contribution in [0, 0.1) is 0 Å². The lowest BCUT2D eigenvalue weighted by molar-refractivity contribution is -0.120. The van der Waals surface area contributed by atoms with Gasteiger partial charge in [0.05, 0.1) is 12.2 Å². The Morgan fingerprint density at radius 2 is 2.26 bits per heavy atom. The van der Waals surface area contributed by atoms with Gasteiger partial charge in [-0.2, -0.15) is 0 Å². The van der Waals surface area contributed by atoms with Crippen LogP contribution in [0.1, 0.15) is 31.4 Å². The third-order valence-corrected chi connectivity index (χ3v) is 4.40. The Kier molecular flexibility index (Phi) is 3.37. The van der Waals surface area contributed by atoms with Gasteiger partial charge in [-0.1, -0.05) is 6.07 Å². The van der Waals surface area contributed by atoms with Gasteiger partial charge in [-0.05, 0) is 25.0 Å². The molecule has 0 saturated carbocycles. The number of pyridine rings is 1. The molecule has 3 rings (SSSR count). The van der Waals surface area contributed by atoms with Gasteiger partial charge in [0.15, 0.2) is 0 Å². The Bertz CT molecular complexity index is 442. The lowest BCUT2D eigenvalue weighted by atomic mass is 9.68. The summed E-state index contributed by atoms with van der Waals surface area (Å²) >= 11 is 0. The lowest BCUT2D eigenvalue weighted by Crippen LogP contribution is -2.48. The van der Waals surface area contributed by atoms with Crippen LogP contribution in [0.2, 0.25) is 0 Å². The number of nitrogens with zero attached hydrogens (tertiary/aromatic N) is 1. The van der Waals surface area contributed by atoms with Crippen LogP contribution in [-0.2, 0) is 19.7 Å². The number of carbonyl (C=O) groups excluding carboxylic acids is 1. The summed E-state index contributed by atoms with van der Waals surface area (Å²) < 4.78 is 11.5. The van der Waals surface area contributed by atoms with Gasteiger partial charge in [0.1, 0.15) is 6.29 Å². The van der Waals surface area contributed by atoms with Gasteiger partial charge in [0, 0.05) is 43.4 Å². The van der Waals surface area contributed by atoms with E-state index in [9.17, 15) is 4.79 Å². The minimum atomic E-state index is -0.210. The second kappa shape index (κ2) is 5.02. The molecule has 0 aliphatic carbocycles. The van der Waals surface area contributed by atoms with E-state index in [-0.39, 0.29) is 11.0 Å². The number of carbonyl (C=O) groups is 1. The van der Waals surface area contributed by atoms with Crippen molar-refractivity contribution in [3.8, 4) is 0 Å². The summed E-state index contributed by atoms with van der Waals surface area (Å²) in [5.74, 6) is 0.